The number of amides is 2. The van der Waals surface area contributed by atoms with Crippen LogP contribution in [0.25, 0.3) is 0 Å². The Balaban J connectivity index is 2.31. The van der Waals surface area contributed by atoms with Crippen LogP contribution in [0.2, 0.25) is 0 Å². The Morgan fingerprint density at radius 2 is 1.78 bits per heavy atom. The maximum atomic E-state index is 11.7. The summed E-state index contributed by atoms with van der Waals surface area (Å²) in [4.78, 5) is 42.2. The van der Waals surface area contributed by atoms with Crippen LogP contribution >= 0.6 is 0 Å². The van der Waals surface area contributed by atoms with Crippen LogP contribution in [-0.4, -0.2) is 61.2 Å². The number of nitrogens with one attached hydrogen (secondary N) is 2. The van der Waals surface area contributed by atoms with Crippen molar-refractivity contribution in [2.24, 2.45) is 5.73 Å². The second-order valence-corrected chi connectivity index (χ2v) is 5.05. The van der Waals surface area contributed by atoms with Crippen molar-refractivity contribution in [3.8, 4) is 0 Å². The number of nitro groups is 2. The zero-order chi connectivity index (χ0) is 20.2. The first kappa shape index (κ1) is 21.7. The van der Waals surface area contributed by atoms with E-state index in [0.717, 1.165) is 12.1 Å². The molecule has 0 saturated carbocycles. The molecule has 0 aliphatic heterocycles. The summed E-state index contributed by atoms with van der Waals surface area (Å²) in [6.45, 7) is 0.335. The second kappa shape index (κ2) is 11.3. The van der Waals surface area contributed by atoms with E-state index < -0.39 is 33.0 Å². The van der Waals surface area contributed by atoms with Crippen molar-refractivity contribution in [1.29, 1.82) is 0 Å². The number of non-ortho nitro benzene ring substituents is 1. The zero-order valence-corrected chi connectivity index (χ0v) is 14.2. The lowest BCUT2D eigenvalue weighted by atomic mass is 10.2. The predicted octanol–water partition coefficient (Wildman–Crippen LogP) is -0.450. The van der Waals surface area contributed by atoms with E-state index in [-0.39, 0.29) is 45.2 Å². The van der Waals surface area contributed by atoms with Gasteiger partial charge in [0.2, 0.25) is 11.8 Å². The average molecular weight is 385 g/mol. The normalized spacial score (nSPS) is 10.2. The zero-order valence-electron chi connectivity index (χ0n) is 14.2. The van der Waals surface area contributed by atoms with Crippen molar-refractivity contribution in [3.63, 3.8) is 0 Å². The fourth-order valence-electron chi connectivity index (χ4n) is 1.83. The van der Waals surface area contributed by atoms with Crippen LogP contribution in [-0.2, 0) is 19.1 Å². The van der Waals surface area contributed by atoms with Gasteiger partial charge in [-0.1, -0.05) is 0 Å². The Labute approximate surface area is 153 Å². The minimum absolute atomic E-state index is 0.0106. The molecular weight excluding hydrogens is 366 g/mol. The van der Waals surface area contributed by atoms with Gasteiger partial charge in [-0.25, -0.2) is 0 Å². The molecule has 4 N–H and O–H groups in total. The topological polar surface area (TPSA) is 189 Å². The van der Waals surface area contributed by atoms with Gasteiger partial charge in [0.25, 0.3) is 11.4 Å². The number of nitrogens with zero attached hydrogens (tertiary/aromatic N) is 2. The molecule has 0 bridgehead atoms. The number of nitro benzene ring substituents is 2. The Hall–Kier alpha value is -3.32. The number of carbonyl (C=O) groups excluding carboxylic acids is 2. The van der Waals surface area contributed by atoms with Gasteiger partial charge in [0.15, 0.2) is 0 Å². The highest BCUT2D eigenvalue weighted by Gasteiger charge is 2.19. The fourth-order valence-corrected chi connectivity index (χ4v) is 1.83. The molecule has 0 aliphatic carbocycles. The van der Waals surface area contributed by atoms with Crippen LogP contribution in [0.1, 0.15) is 0 Å². The number of benzene rings is 1. The molecule has 1 aromatic rings. The van der Waals surface area contributed by atoms with Crippen LogP contribution in [0.5, 0.6) is 0 Å². The molecule has 0 heterocycles. The number of hydrogen-bond donors (Lipinski definition) is 3. The van der Waals surface area contributed by atoms with Crippen molar-refractivity contribution < 1.29 is 28.9 Å². The van der Waals surface area contributed by atoms with E-state index in [1.165, 1.54) is 6.07 Å². The molecule has 0 fully saturated rings. The van der Waals surface area contributed by atoms with E-state index in [9.17, 15) is 29.8 Å². The first-order chi connectivity index (χ1) is 12.8. The van der Waals surface area contributed by atoms with Crippen LogP contribution in [0.3, 0.4) is 0 Å². The standard InChI is InChI=1S/C14H19N5O8/c15-13(20)9-27-6-5-26-4-3-16-14(21)8-17-11-2-1-10(18(22)23)7-12(11)19(24)25/h1-2,7,17H,3-6,8-9H2,(H2,15,20)(H,16,21). The minimum atomic E-state index is -0.776. The Morgan fingerprint density at radius 3 is 2.41 bits per heavy atom. The van der Waals surface area contributed by atoms with Gasteiger partial charge in [0.1, 0.15) is 12.3 Å². The van der Waals surface area contributed by atoms with Crippen molar-refractivity contribution in [3.05, 3.63) is 38.4 Å². The van der Waals surface area contributed by atoms with Crippen LogP contribution < -0.4 is 16.4 Å². The lowest BCUT2D eigenvalue weighted by Gasteiger charge is -2.09. The number of hydrogen-bond acceptors (Lipinski definition) is 9. The molecule has 0 radical (unpaired) electrons. The van der Waals surface area contributed by atoms with Gasteiger partial charge in [0.05, 0.1) is 42.3 Å². The van der Waals surface area contributed by atoms with Crippen molar-refractivity contribution in [2.45, 2.75) is 0 Å². The van der Waals surface area contributed by atoms with Gasteiger partial charge in [-0.15, -0.1) is 0 Å². The molecule has 27 heavy (non-hydrogen) atoms. The summed E-state index contributed by atoms with van der Waals surface area (Å²) in [6, 6.07) is 3.08. The minimum Gasteiger partial charge on any atom is -0.377 e. The van der Waals surface area contributed by atoms with Gasteiger partial charge in [0, 0.05) is 12.6 Å². The summed E-state index contributed by atoms with van der Waals surface area (Å²) >= 11 is 0. The van der Waals surface area contributed by atoms with Crippen LogP contribution in [0.4, 0.5) is 17.1 Å². The van der Waals surface area contributed by atoms with E-state index in [1.54, 1.807) is 0 Å². The quantitative estimate of drug-likeness (QED) is 0.229. The molecule has 0 atom stereocenters. The monoisotopic (exact) mass is 385 g/mol. The molecule has 1 rings (SSSR count). The SMILES string of the molecule is NC(=O)COCCOCCNC(=O)CNc1ccc([N+](=O)[O-])cc1[N+](=O)[O-]. The van der Waals surface area contributed by atoms with Gasteiger partial charge >= 0.3 is 0 Å². The number of primary amides is 1. The summed E-state index contributed by atoms with van der Waals surface area (Å²) in [5.74, 6) is -1.03. The number of carbonyl (C=O) groups is 2. The number of rotatable bonds is 13. The van der Waals surface area contributed by atoms with E-state index in [1.807, 2.05) is 0 Å². The number of ether oxygens (including phenoxy) is 2. The van der Waals surface area contributed by atoms with Crippen molar-refractivity contribution in [2.75, 3.05) is 44.8 Å². The summed E-state index contributed by atoms with van der Waals surface area (Å²) in [7, 11) is 0. The molecule has 0 aliphatic rings. The lowest BCUT2D eigenvalue weighted by molar-refractivity contribution is -0.393. The fraction of sp³-hybridized carbons (Fsp3) is 0.429. The maximum Gasteiger partial charge on any atom is 0.299 e. The van der Waals surface area contributed by atoms with Crippen molar-refractivity contribution in [1.82, 2.24) is 5.32 Å². The number of anilines is 1. The predicted molar refractivity (Wildman–Crippen MR) is 92.1 cm³/mol. The molecule has 13 heteroatoms. The lowest BCUT2D eigenvalue weighted by Crippen LogP contribution is -2.32. The average Bonchev–Trinajstić information content (AvgIpc) is 2.61. The van der Waals surface area contributed by atoms with Crippen molar-refractivity contribution >= 4 is 28.9 Å². The van der Waals surface area contributed by atoms with Gasteiger partial charge in [-0.2, -0.15) is 0 Å². The third-order valence-corrected chi connectivity index (χ3v) is 3.01. The highest BCUT2D eigenvalue weighted by molar-refractivity contribution is 5.81. The third-order valence-electron chi connectivity index (χ3n) is 3.01. The van der Waals surface area contributed by atoms with E-state index >= 15 is 0 Å². The first-order valence-electron chi connectivity index (χ1n) is 7.68. The smallest absolute Gasteiger partial charge is 0.299 e. The van der Waals surface area contributed by atoms with Crippen LogP contribution in [0, 0.1) is 20.2 Å². The summed E-state index contributed by atoms with van der Waals surface area (Å²) in [5, 5.41) is 26.7. The molecule has 1 aromatic carbocycles. The van der Waals surface area contributed by atoms with Gasteiger partial charge < -0.3 is 25.8 Å². The molecule has 2 amide bonds. The van der Waals surface area contributed by atoms with E-state index in [4.69, 9.17) is 15.2 Å². The molecular formula is C14H19N5O8. The molecule has 0 saturated heterocycles. The summed E-state index contributed by atoms with van der Waals surface area (Å²) in [5.41, 5.74) is 3.94. The Morgan fingerprint density at radius 1 is 1.07 bits per heavy atom. The summed E-state index contributed by atoms with van der Waals surface area (Å²) in [6.07, 6.45) is 0. The largest absolute Gasteiger partial charge is 0.377 e. The Bertz CT molecular complexity index is 696. The molecule has 0 unspecified atom stereocenters. The van der Waals surface area contributed by atoms with Gasteiger partial charge in [-0.05, 0) is 6.07 Å². The molecule has 13 nitrogen and oxygen atoms in total. The highest BCUT2D eigenvalue weighted by Crippen LogP contribution is 2.28. The molecule has 148 valence electrons. The second-order valence-electron chi connectivity index (χ2n) is 5.05. The highest BCUT2D eigenvalue weighted by atomic mass is 16.6. The molecule has 0 aromatic heterocycles. The van der Waals surface area contributed by atoms with Gasteiger partial charge in [-0.3, -0.25) is 29.8 Å². The third kappa shape index (κ3) is 8.55. The Kier molecular flexibility index (Phi) is 9.11. The number of nitrogens with two attached hydrogens (primary N) is 1. The first-order valence-corrected chi connectivity index (χ1v) is 7.68. The maximum absolute atomic E-state index is 11.7. The van der Waals surface area contributed by atoms with E-state index in [0.29, 0.717) is 0 Å². The van der Waals surface area contributed by atoms with E-state index in [2.05, 4.69) is 10.6 Å². The molecule has 0 spiro atoms. The summed E-state index contributed by atoms with van der Waals surface area (Å²) < 4.78 is 10.0. The van der Waals surface area contributed by atoms with Crippen LogP contribution in [0.15, 0.2) is 18.2 Å².